The number of alkyl carbamates (subject to hydrolysis) is 1. The molecular formula is C26H28N4O5. The zero-order valence-corrected chi connectivity index (χ0v) is 19.8. The van der Waals surface area contributed by atoms with E-state index in [9.17, 15) is 19.5 Å². The van der Waals surface area contributed by atoms with Crippen LogP contribution in [0.3, 0.4) is 0 Å². The van der Waals surface area contributed by atoms with Crippen LogP contribution in [0.1, 0.15) is 46.9 Å². The number of carbonyl (C=O) groups excluding carboxylic acids is 2. The summed E-state index contributed by atoms with van der Waals surface area (Å²) in [6.45, 7) is 3.62. The van der Waals surface area contributed by atoms with Crippen molar-refractivity contribution in [2.75, 3.05) is 6.61 Å². The number of aromatic nitrogens is 2. The second-order valence-electron chi connectivity index (χ2n) is 8.71. The number of aromatic carboxylic acids is 1. The Hall–Kier alpha value is -4.14. The van der Waals surface area contributed by atoms with E-state index < -0.39 is 24.0 Å². The molecule has 3 aromatic rings. The number of rotatable bonds is 8. The molecule has 1 aliphatic carbocycles. The molecule has 0 saturated heterocycles. The van der Waals surface area contributed by atoms with Gasteiger partial charge in [0.15, 0.2) is 5.69 Å². The average molecular weight is 477 g/mol. The molecule has 9 nitrogen and oxygen atoms in total. The minimum Gasteiger partial charge on any atom is -0.477 e. The molecule has 0 fully saturated rings. The van der Waals surface area contributed by atoms with Gasteiger partial charge >= 0.3 is 12.1 Å². The Labute approximate surface area is 203 Å². The minimum absolute atomic E-state index is 0.0164. The molecular weight excluding hydrogens is 448 g/mol. The second-order valence-corrected chi connectivity index (χ2v) is 8.71. The van der Waals surface area contributed by atoms with Crippen LogP contribution in [0.4, 0.5) is 4.79 Å². The fourth-order valence-electron chi connectivity index (χ4n) is 4.41. The monoisotopic (exact) mass is 476 g/mol. The van der Waals surface area contributed by atoms with Crippen LogP contribution < -0.4 is 10.6 Å². The first-order chi connectivity index (χ1) is 16.8. The Balaban J connectivity index is 1.31. The molecule has 1 aromatic heterocycles. The fraction of sp³-hybridized carbons (Fsp3) is 0.308. The van der Waals surface area contributed by atoms with E-state index >= 15 is 0 Å². The van der Waals surface area contributed by atoms with E-state index in [1.165, 1.54) is 17.9 Å². The number of carboxylic acid groups (broad SMARTS) is 1. The molecule has 9 heteroatoms. The second kappa shape index (κ2) is 10.0. The van der Waals surface area contributed by atoms with Gasteiger partial charge in [0.2, 0.25) is 5.91 Å². The lowest BCUT2D eigenvalue weighted by molar-refractivity contribution is -0.125. The van der Waals surface area contributed by atoms with Crippen LogP contribution in [0.5, 0.6) is 0 Å². The number of fused-ring (bicyclic) bond motifs is 3. The van der Waals surface area contributed by atoms with E-state index in [1.807, 2.05) is 36.4 Å². The van der Waals surface area contributed by atoms with E-state index in [0.29, 0.717) is 5.56 Å². The van der Waals surface area contributed by atoms with Gasteiger partial charge in [0.25, 0.3) is 0 Å². The molecule has 4 rings (SSSR count). The lowest BCUT2D eigenvalue weighted by Crippen LogP contribution is -2.44. The third-order valence-electron chi connectivity index (χ3n) is 6.52. The summed E-state index contributed by atoms with van der Waals surface area (Å²) >= 11 is 0. The summed E-state index contributed by atoms with van der Waals surface area (Å²) in [7, 11) is 1.53. The molecule has 0 aliphatic heterocycles. The Bertz CT molecular complexity index is 1220. The Morgan fingerprint density at radius 1 is 1.06 bits per heavy atom. The summed E-state index contributed by atoms with van der Waals surface area (Å²) in [4.78, 5) is 36.5. The van der Waals surface area contributed by atoms with Gasteiger partial charge in [-0.15, -0.1) is 0 Å². The third-order valence-corrected chi connectivity index (χ3v) is 6.52. The van der Waals surface area contributed by atoms with Crippen molar-refractivity contribution in [1.29, 1.82) is 0 Å². The lowest BCUT2D eigenvalue weighted by Gasteiger charge is -2.21. The summed E-state index contributed by atoms with van der Waals surface area (Å²) in [5.74, 6) is -2.06. The molecule has 0 spiro atoms. The van der Waals surface area contributed by atoms with E-state index in [4.69, 9.17) is 4.74 Å². The fourth-order valence-corrected chi connectivity index (χ4v) is 4.41. The first kappa shape index (κ1) is 24.0. The highest BCUT2D eigenvalue weighted by Gasteiger charge is 2.30. The maximum absolute atomic E-state index is 12.6. The highest BCUT2D eigenvalue weighted by molar-refractivity contribution is 5.87. The van der Waals surface area contributed by atoms with Crippen molar-refractivity contribution in [3.8, 4) is 11.1 Å². The predicted octanol–water partition coefficient (Wildman–Crippen LogP) is 3.30. The Morgan fingerprint density at radius 2 is 1.66 bits per heavy atom. The number of nitrogens with zero attached hydrogens (tertiary/aromatic N) is 2. The standard InChI is InChI=1S/C26H28N4O5/c1-15(24(31)27-12-17-13-28-30(3)23(17)25(32)33)16(2)29-26(34)35-14-22-20-10-6-4-8-18(20)19-9-5-7-11-21(19)22/h4-11,13,15-16,22H,12,14H2,1-3H3,(H,27,31)(H,29,34)(H,32,33). The number of aryl methyl sites for hydroxylation is 1. The normalized spacial score (nSPS) is 13.9. The van der Waals surface area contributed by atoms with E-state index in [1.54, 1.807) is 13.8 Å². The van der Waals surface area contributed by atoms with Gasteiger partial charge in [0.05, 0.1) is 12.1 Å². The molecule has 2 atom stereocenters. The van der Waals surface area contributed by atoms with Gasteiger partial charge in [-0.1, -0.05) is 55.5 Å². The number of hydrogen-bond donors (Lipinski definition) is 3. The minimum atomic E-state index is -1.12. The van der Waals surface area contributed by atoms with Crippen molar-refractivity contribution < 1.29 is 24.2 Å². The van der Waals surface area contributed by atoms with Crippen LogP contribution in [-0.2, 0) is 23.1 Å². The van der Waals surface area contributed by atoms with Crippen molar-refractivity contribution in [3.05, 3.63) is 77.1 Å². The van der Waals surface area contributed by atoms with Crippen molar-refractivity contribution in [3.63, 3.8) is 0 Å². The van der Waals surface area contributed by atoms with E-state index in [-0.39, 0.29) is 30.7 Å². The highest BCUT2D eigenvalue weighted by atomic mass is 16.5. The van der Waals surface area contributed by atoms with Crippen LogP contribution >= 0.6 is 0 Å². The lowest BCUT2D eigenvalue weighted by atomic mass is 9.98. The van der Waals surface area contributed by atoms with Crippen molar-refractivity contribution in [2.45, 2.75) is 32.4 Å². The summed E-state index contributed by atoms with van der Waals surface area (Å²) < 4.78 is 6.80. The van der Waals surface area contributed by atoms with Gasteiger partial charge in [0, 0.05) is 31.1 Å². The topological polar surface area (TPSA) is 123 Å². The average Bonchev–Trinajstić information content (AvgIpc) is 3.38. The van der Waals surface area contributed by atoms with Gasteiger partial charge < -0.3 is 20.5 Å². The van der Waals surface area contributed by atoms with Gasteiger partial charge in [-0.25, -0.2) is 9.59 Å². The molecule has 182 valence electrons. The summed E-state index contributed by atoms with van der Waals surface area (Å²) in [6, 6.07) is 15.7. The first-order valence-corrected chi connectivity index (χ1v) is 11.4. The molecule has 0 radical (unpaired) electrons. The molecule has 1 aliphatic rings. The largest absolute Gasteiger partial charge is 0.477 e. The number of amides is 2. The number of benzene rings is 2. The van der Waals surface area contributed by atoms with Gasteiger partial charge in [0.1, 0.15) is 6.61 Å². The number of ether oxygens (including phenoxy) is 1. The summed E-state index contributed by atoms with van der Waals surface area (Å²) in [5.41, 5.74) is 4.96. The van der Waals surface area contributed by atoms with E-state index in [2.05, 4.69) is 27.9 Å². The Morgan fingerprint density at radius 3 is 2.26 bits per heavy atom. The molecule has 2 amide bonds. The maximum Gasteiger partial charge on any atom is 0.407 e. The number of hydrogen-bond acceptors (Lipinski definition) is 5. The molecule has 0 saturated carbocycles. The van der Waals surface area contributed by atoms with E-state index in [0.717, 1.165) is 22.3 Å². The molecule has 2 unspecified atom stereocenters. The van der Waals surface area contributed by atoms with Crippen LogP contribution in [0, 0.1) is 5.92 Å². The van der Waals surface area contributed by atoms with Crippen molar-refractivity contribution in [1.82, 2.24) is 20.4 Å². The van der Waals surface area contributed by atoms with Crippen LogP contribution in [0.2, 0.25) is 0 Å². The third kappa shape index (κ3) is 4.89. The Kier molecular flexibility index (Phi) is 6.86. The highest BCUT2D eigenvalue weighted by Crippen LogP contribution is 2.44. The summed E-state index contributed by atoms with van der Waals surface area (Å²) in [6.07, 6.45) is 0.812. The molecule has 2 aromatic carbocycles. The maximum atomic E-state index is 12.6. The summed E-state index contributed by atoms with van der Waals surface area (Å²) in [5, 5.41) is 18.7. The number of carboxylic acids is 1. The quantitative estimate of drug-likeness (QED) is 0.459. The zero-order valence-electron chi connectivity index (χ0n) is 19.8. The van der Waals surface area contributed by atoms with Gasteiger partial charge in [-0.2, -0.15) is 5.10 Å². The molecule has 1 heterocycles. The number of carbonyl (C=O) groups is 3. The SMILES string of the molecule is CC(NC(=O)OCC1c2ccccc2-c2ccccc21)C(C)C(=O)NCc1cnn(C)c1C(=O)O. The first-order valence-electron chi connectivity index (χ1n) is 11.4. The van der Waals surface area contributed by atoms with Gasteiger partial charge in [-0.05, 0) is 29.2 Å². The van der Waals surface area contributed by atoms with Crippen LogP contribution in [0.25, 0.3) is 11.1 Å². The van der Waals surface area contributed by atoms with Crippen molar-refractivity contribution >= 4 is 18.0 Å². The van der Waals surface area contributed by atoms with Gasteiger partial charge in [-0.3, -0.25) is 9.48 Å². The smallest absolute Gasteiger partial charge is 0.407 e. The predicted molar refractivity (Wildman–Crippen MR) is 129 cm³/mol. The molecule has 0 bridgehead atoms. The van der Waals surface area contributed by atoms with Crippen LogP contribution in [0.15, 0.2) is 54.7 Å². The van der Waals surface area contributed by atoms with Crippen LogP contribution in [-0.4, -0.2) is 45.5 Å². The molecule has 3 N–H and O–H groups in total. The number of nitrogens with one attached hydrogen (secondary N) is 2. The zero-order chi connectivity index (χ0) is 25.1. The molecule has 35 heavy (non-hydrogen) atoms. The van der Waals surface area contributed by atoms with Crippen molar-refractivity contribution in [2.24, 2.45) is 13.0 Å².